The first kappa shape index (κ1) is 15.2. The number of fused-ring (bicyclic) bond motifs is 2. The monoisotopic (exact) mass is 348 g/mol. The Morgan fingerprint density at radius 1 is 1.00 bits per heavy atom. The quantitative estimate of drug-likeness (QED) is 0.556. The van der Waals surface area contributed by atoms with Crippen molar-refractivity contribution in [3.8, 4) is 11.4 Å². The fraction of sp³-hybridized carbons (Fsp3) is 0.263. The first-order valence-electron chi connectivity index (χ1n) is 8.71. The number of imidazole rings is 1. The highest BCUT2D eigenvalue weighted by Crippen LogP contribution is 2.24. The Hall–Kier alpha value is -3.09. The van der Waals surface area contributed by atoms with Crippen LogP contribution in [0.15, 0.2) is 36.8 Å². The number of hydrogen-bond donors (Lipinski definition) is 0. The SMILES string of the molecule is Cc1cn2cc(-c3ncc4nc(N5CCCC5)ccc4n3)cc(F)c2n1. The van der Waals surface area contributed by atoms with Gasteiger partial charge in [-0.3, -0.25) is 0 Å². The van der Waals surface area contributed by atoms with Crippen molar-refractivity contribution in [3.05, 3.63) is 48.3 Å². The Kier molecular flexibility index (Phi) is 3.34. The highest BCUT2D eigenvalue weighted by molar-refractivity contribution is 5.77. The molecule has 7 heteroatoms. The van der Waals surface area contributed by atoms with Crippen LogP contribution in [0.3, 0.4) is 0 Å². The third kappa shape index (κ3) is 2.47. The van der Waals surface area contributed by atoms with E-state index in [1.54, 1.807) is 23.0 Å². The van der Waals surface area contributed by atoms with Gasteiger partial charge < -0.3 is 9.30 Å². The fourth-order valence-electron chi connectivity index (χ4n) is 3.47. The summed E-state index contributed by atoms with van der Waals surface area (Å²) in [6.07, 6.45) is 7.70. The topological polar surface area (TPSA) is 59.2 Å². The summed E-state index contributed by atoms with van der Waals surface area (Å²) in [6, 6.07) is 5.37. The second kappa shape index (κ2) is 5.72. The van der Waals surface area contributed by atoms with Crippen molar-refractivity contribution in [2.45, 2.75) is 19.8 Å². The molecule has 6 nitrogen and oxygen atoms in total. The summed E-state index contributed by atoms with van der Waals surface area (Å²) in [5.41, 5.74) is 3.18. The lowest BCUT2D eigenvalue weighted by Crippen LogP contribution is -2.18. The predicted molar refractivity (Wildman–Crippen MR) is 97.7 cm³/mol. The molecule has 1 saturated heterocycles. The number of aryl methyl sites for hydroxylation is 1. The van der Waals surface area contributed by atoms with Crippen LogP contribution in [0, 0.1) is 12.7 Å². The second-order valence-electron chi connectivity index (χ2n) is 6.65. The Balaban J connectivity index is 1.58. The lowest BCUT2D eigenvalue weighted by molar-refractivity contribution is 0.630. The first-order chi connectivity index (χ1) is 12.7. The Bertz CT molecular complexity index is 1130. The molecule has 4 aromatic rings. The van der Waals surface area contributed by atoms with Crippen LogP contribution in [0.4, 0.5) is 10.2 Å². The molecular formula is C19H17FN6. The zero-order valence-corrected chi connectivity index (χ0v) is 14.4. The average molecular weight is 348 g/mol. The van der Waals surface area contributed by atoms with Gasteiger partial charge in [0.2, 0.25) is 0 Å². The number of aromatic nitrogens is 5. The smallest absolute Gasteiger partial charge is 0.173 e. The summed E-state index contributed by atoms with van der Waals surface area (Å²) in [5.74, 6) is 1.05. The minimum atomic E-state index is -0.387. The molecule has 5 rings (SSSR count). The van der Waals surface area contributed by atoms with Gasteiger partial charge in [0.15, 0.2) is 17.3 Å². The number of pyridine rings is 2. The highest BCUT2D eigenvalue weighted by atomic mass is 19.1. The molecule has 4 aromatic heterocycles. The molecule has 0 bridgehead atoms. The molecule has 0 N–H and O–H groups in total. The number of anilines is 1. The minimum Gasteiger partial charge on any atom is -0.357 e. The van der Waals surface area contributed by atoms with E-state index in [4.69, 9.17) is 0 Å². The van der Waals surface area contributed by atoms with Crippen molar-refractivity contribution < 1.29 is 4.39 Å². The van der Waals surface area contributed by atoms with Gasteiger partial charge in [-0.25, -0.2) is 24.3 Å². The van der Waals surface area contributed by atoms with E-state index >= 15 is 0 Å². The van der Waals surface area contributed by atoms with Crippen molar-refractivity contribution in [2.24, 2.45) is 0 Å². The van der Waals surface area contributed by atoms with Crippen molar-refractivity contribution in [1.82, 2.24) is 24.3 Å². The van der Waals surface area contributed by atoms with E-state index in [0.29, 0.717) is 17.0 Å². The molecule has 1 aliphatic heterocycles. The van der Waals surface area contributed by atoms with E-state index in [2.05, 4.69) is 24.8 Å². The standard InChI is InChI=1S/C19H17FN6/c1-12-10-26-11-13(8-14(20)19(26)22-12)18-21-9-16-15(24-18)4-5-17(23-16)25-6-2-3-7-25/h4-5,8-11H,2-3,6-7H2,1H3. The maximum atomic E-state index is 14.3. The van der Waals surface area contributed by atoms with Gasteiger partial charge in [0.05, 0.1) is 17.4 Å². The van der Waals surface area contributed by atoms with E-state index in [0.717, 1.165) is 35.6 Å². The number of halogens is 1. The molecule has 0 unspecified atom stereocenters. The van der Waals surface area contributed by atoms with Crippen LogP contribution < -0.4 is 4.90 Å². The average Bonchev–Trinajstić information content (AvgIpc) is 3.30. The summed E-state index contributed by atoms with van der Waals surface area (Å²) < 4.78 is 16.0. The summed E-state index contributed by atoms with van der Waals surface area (Å²) >= 11 is 0. The molecule has 26 heavy (non-hydrogen) atoms. The fourth-order valence-corrected chi connectivity index (χ4v) is 3.47. The maximum Gasteiger partial charge on any atom is 0.173 e. The summed E-state index contributed by atoms with van der Waals surface area (Å²) in [7, 11) is 0. The van der Waals surface area contributed by atoms with Crippen molar-refractivity contribution >= 4 is 22.5 Å². The van der Waals surface area contributed by atoms with Crippen molar-refractivity contribution in [1.29, 1.82) is 0 Å². The zero-order valence-electron chi connectivity index (χ0n) is 14.4. The van der Waals surface area contributed by atoms with Crippen LogP contribution >= 0.6 is 0 Å². The third-order valence-corrected chi connectivity index (χ3v) is 4.74. The largest absolute Gasteiger partial charge is 0.357 e. The van der Waals surface area contributed by atoms with Gasteiger partial charge in [-0.05, 0) is 38.0 Å². The maximum absolute atomic E-state index is 14.3. The molecule has 1 fully saturated rings. The minimum absolute atomic E-state index is 0.309. The summed E-state index contributed by atoms with van der Waals surface area (Å²) in [4.78, 5) is 20.1. The lowest BCUT2D eigenvalue weighted by Gasteiger charge is -2.16. The number of hydrogen-bond acceptors (Lipinski definition) is 5. The second-order valence-corrected chi connectivity index (χ2v) is 6.65. The summed E-state index contributed by atoms with van der Waals surface area (Å²) in [6.45, 7) is 3.92. The van der Waals surface area contributed by atoms with Crippen LogP contribution in [0.25, 0.3) is 28.1 Å². The normalized spacial score (nSPS) is 14.6. The van der Waals surface area contributed by atoms with E-state index in [1.165, 1.54) is 18.9 Å². The van der Waals surface area contributed by atoms with E-state index in [9.17, 15) is 4.39 Å². The molecule has 0 radical (unpaired) electrons. The van der Waals surface area contributed by atoms with Crippen molar-refractivity contribution in [3.63, 3.8) is 0 Å². The predicted octanol–water partition coefficient (Wildman–Crippen LogP) is 3.39. The van der Waals surface area contributed by atoms with Gasteiger partial charge >= 0.3 is 0 Å². The van der Waals surface area contributed by atoms with Gasteiger partial charge in [-0.2, -0.15) is 0 Å². The van der Waals surface area contributed by atoms with Gasteiger partial charge in [-0.15, -0.1) is 0 Å². The molecule has 0 saturated carbocycles. The molecule has 1 aliphatic rings. The number of nitrogens with zero attached hydrogens (tertiary/aromatic N) is 6. The first-order valence-corrected chi connectivity index (χ1v) is 8.71. The summed E-state index contributed by atoms with van der Waals surface area (Å²) in [5, 5.41) is 0. The van der Waals surface area contributed by atoms with Crippen LogP contribution in [-0.2, 0) is 0 Å². The third-order valence-electron chi connectivity index (χ3n) is 4.74. The van der Waals surface area contributed by atoms with Gasteiger partial charge in [0.25, 0.3) is 0 Å². The molecular weight excluding hydrogens is 331 g/mol. The Morgan fingerprint density at radius 3 is 2.69 bits per heavy atom. The van der Waals surface area contributed by atoms with Gasteiger partial charge in [0.1, 0.15) is 11.3 Å². The molecule has 0 aliphatic carbocycles. The van der Waals surface area contributed by atoms with Gasteiger partial charge in [-0.1, -0.05) is 0 Å². The van der Waals surface area contributed by atoms with E-state index < -0.39 is 0 Å². The van der Waals surface area contributed by atoms with Crippen LogP contribution in [-0.4, -0.2) is 37.4 Å². The molecule has 0 atom stereocenters. The van der Waals surface area contributed by atoms with Gasteiger partial charge in [0, 0.05) is 31.0 Å². The molecule has 0 aromatic carbocycles. The lowest BCUT2D eigenvalue weighted by atomic mass is 10.2. The molecule has 0 amide bonds. The van der Waals surface area contributed by atoms with Crippen LogP contribution in [0.2, 0.25) is 0 Å². The van der Waals surface area contributed by atoms with E-state index in [1.807, 2.05) is 19.1 Å². The molecule has 0 spiro atoms. The Labute approximate surface area is 149 Å². The van der Waals surface area contributed by atoms with Crippen LogP contribution in [0.1, 0.15) is 18.5 Å². The molecule has 5 heterocycles. The number of rotatable bonds is 2. The van der Waals surface area contributed by atoms with Crippen LogP contribution in [0.5, 0.6) is 0 Å². The van der Waals surface area contributed by atoms with Crippen molar-refractivity contribution in [2.75, 3.05) is 18.0 Å². The highest BCUT2D eigenvalue weighted by Gasteiger charge is 2.15. The Morgan fingerprint density at radius 2 is 1.85 bits per heavy atom. The van der Waals surface area contributed by atoms with E-state index in [-0.39, 0.29) is 5.82 Å². The zero-order chi connectivity index (χ0) is 17.7. The molecule has 130 valence electrons.